The quantitative estimate of drug-likeness (QED) is 0.658. The lowest BCUT2D eigenvalue weighted by Crippen LogP contribution is -2.48. The van der Waals surface area contributed by atoms with Crippen LogP contribution in [0.5, 0.6) is 0 Å². The molecule has 2 aliphatic heterocycles. The van der Waals surface area contributed by atoms with E-state index in [1.807, 2.05) is 11.8 Å². The molecule has 1 saturated heterocycles. The van der Waals surface area contributed by atoms with Crippen molar-refractivity contribution in [3.8, 4) is 0 Å². The highest BCUT2D eigenvalue weighted by Crippen LogP contribution is 2.25. The Labute approximate surface area is 170 Å². The Morgan fingerprint density at radius 1 is 1.24 bits per heavy atom. The van der Waals surface area contributed by atoms with E-state index in [0.29, 0.717) is 18.7 Å². The van der Waals surface area contributed by atoms with Gasteiger partial charge in [0.1, 0.15) is 11.7 Å². The summed E-state index contributed by atoms with van der Waals surface area (Å²) in [5, 5.41) is 5.82. The summed E-state index contributed by atoms with van der Waals surface area (Å²) in [6.45, 7) is 8.23. The second-order valence-corrected chi connectivity index (χ2v) is 7.35. The first-order valence-corrected chi connectivity index (χ1v) is 10.1. The molecule has 1 atom stereocenters. The first kappa shape index (κ1) is 21.1. The number of anilines is 1. The number of benzene rings is 1. The fraction of sp³-hybridized carbons (Fsp3) is 0.524. The molecule has 0 N–H and O–H groups in total. The van der Waals surface area contributed by atoms with E-state index < -0.39 is 5.92 Å². The van der Waals surface area contributed by atoms with Crippen LogP contribution in [-0.4, -0.2) is 72.8 Å². The molecule has 2 heterocycles. The minimum absolute atomic E-state index is 0.121. The molecule has 2 aliphatic rings. The summed E-state index contributed by atoms with van der Waals surface area (Å²) in [6.07, 6.45) is 3.30. The summed E-state index contributed by atoms with van der Waals surface area (Å²) in [5.41, 5.74) is 1.35. The van der Waals surface area contributed by atoms with Crippen molar-refractivity contribution < 1.29 is 14.0 Å². The maximum absolute atomic E-state index is 13.2. The Bertz CT molecular complexity index is 785. The van der Waals surface area contributed by atoms with Gasteiger partial charge in [-0.1, -0.05) is 13.3 Å². The van der Waals surface area contributed by atoms with E-state index in [1.54, 1.807) is 25.3 Å². The van der Waals surface area contributed by atoms with Crippen LogP contribution in [0, 0.1) is 11.7 Å². The molecule has 1 aromatic carbocycles. The number of hydrazone groups is 1. The molecule has 1 fully saturated rings. The number of nitrogens with zero attached hydrogens (tertiary/aromatic N) is 5. The van der Waals surface area contributed by atoms with Crippen molar-refractivity contribution in [3.05, 3.63) is 30.1 Å². The summed E-state index contributed by atoms with van der Waals surface area (Å²) in [5.74, 6) is -0.843. The van der Waals surface area contributed by atoms with Gasteiger partial charge >= 0.3 is 0 Å². The van der Waals surface area contributed by atoms with Crippen LogP contribution in [0.1, 0.15) is 26.7 Å². The smallest absolute Gasteiger partial charge is 0.261 e. The van der Waals surface area contributed by atoms with E-state index in [9.17, 15) is 14.0 Å². The molecule has 8 heteroatoms. The zero-order valence-electron chi connectivity index (χ0n) is 17.1. The highest BCUT2D eigenvalue weighted by Gasteiger charge is 2.34. The van der Waals surface area contributed by atoms with Crippen LogP contribution in [0.4, 0.5) is 10.1 Å². The average Bonchev–Trinajstić information content (AvgIpc) is 3.02. The van der Waals surface area contributed by atoms with Gasteiger partial charge in [0, 0.05) is 45.9 Å². The molecule has 0 bridgehead atoms. The second-order valence-electron chi connectivity index (χ2n) is 7.35. The zero-order chi connectivity index (χ0) is 20.8. The van der Waals surface area contributed by atoms with E-state index in [-0.39, 0.29) is 17.6 Å². The summed E-state index contributed by atoms with van der Waals surface area (Å²) >= 11 is 0. The van der Waals surface area contributed by atoms with Crippen LogP contribution in [0.3, 0.4) is 0 Å². The van der Waals surface area contributed by atoms with Crippen LogP contribution in [0.15, 0.2) is 34.4 Å². The summed E-state index contributed by atoms with van der Waals surface area (Å²) in [7, 11) is 0. The van der Waals surface area contributed by atoms with Gasteiger partial charge in [-0.3, -0.25) is 19.5 Å². The molecule has 0 saturated carbocycles. The third-order valence-corrected chi connectivity index (χ3v) is 5.26. The lowest BCUT2D eigenvalue weighted by atomic mass is 10.0. The Balaban J connectivity index is 1.56. The molecule has 0 aromatic heterocycles. The first-order chi connectivity index (χ1) is 14.0. The van der Waals surface area contributed by atoms with E-state index >= 15 is 0 Å². The SMILES string of the molecule is CCCC1=NN(c2ccc(F)cc2)C(=O)[C@@H]1C=NCCN1CCN(C(C)=O)CC1. The average molecular weight is 401 g/mol. The molecule has 29 heavy (non-hydrogen) atoms. The van der Waals surface area contributed by atoms with Crippen molar-refractivity contribution in [1.82, 2.24) is 9.80 Å². The van der Waals surface area contributed by atoms with Gasteiger partial charge in [0.05, 0.1) is 17.9 Å². The van der Waals surface area contributed by atoms with E-state index in [0.717, 1.165) is 44.9 Å². The number of carbonyl (C=O) groups is 2. The molecule has 3 rings (SSSR count). The predicted molar refractivity (Wildman–Crippen MR) is 112 cm³/mol. The fourth-order valence-electron chi connectivity index (χ4n) is 3.56. The van der Waals surface area contributed by atoms with Crippen molar-refractivity contribution in [2.24, 2.45) is 16.0 Å². The molecule has 7 nitrogen and oxygen atoms in total. The van der Waals surface area contributed by atoms with Crippen molar-refractivity contribution >= 4 is 29.4 Å². The molecule has 156 valence electrons. The lowest BCUT2D eigenvalue weighted by Gasteiger charge is -2.33. The number of carbonyl (C=O) groups excluding carboxylic acids is 2. The summed E-state index contributed by atoms with van der Waals surface area (Å²) < 4.78 is 13.2. The number of piperazine rings is 1. The Morgan fingerprint density at radius 3 is 2.55 bits per heavy atom. The number of halogens is 1. The number of aliphatic imine (C=N–C) groups is 1. The van der Waals surface area contributed by atoms with Gasteiger partial charge < -0.3 is 4.90 Å². The molecular weight excluding hydrogens is 373 g/mol. The summed E-state index contributed by atoms with van der Waals surface area (Å²) in [6, 6.07) is 5.76. The maximum Gasteiger partial charge on any atom is 0.261 e. The molecule has 0 spiro atoms. The van der Waals surface area contributed by atoms with Crippen molar-refractivity contribution in [2.45, 2.75) is 26.7 Å². The van der Waals surface area contributed by atoms with Crippen LogP contribution in [0.2, 0.25) is 0 Å². The summed E-state index contributed by atoms with van der Waals surface area (Å²) in [4.78, 5) is 32.9. The van der Waals surface area contributed by atoms with Crippen LogP contribution in [-0.2, 0) is 9.59 Å². The standard InChI is InChI=1S/C21H28FN5O2/c1-3-4-20-19(21(29)27(24-20)18-7-5-17(22)6-8-18)15-23-9-10-25-11-13-26(14-12-25)16(2)28/h5-8,15,19H,3-4,9-14H2,1-2H3/t19-/m1/s1. The van der Waals surface area contributed by atoms with Crippen LogP contribution >= 0.6 is 0 Å². The number of hydrogen-bond donors (Lipinski definition) is 0. The van der Waals surface area contributed by atoms with E-state index in [4.69, 9.17) is 0 Å². The molecule has 0 aliphatic carbocycles. The minimum atomic E-state index is -0.463. The largest absolute Gasteiger partial charge is 0.340 e. The number of rotatable bonds is 7. The van der Waals surface area contributed by atoms with Gasteiger partial charge in [-0.2, -0.15) is 10.1 Å². The minimum Gasteiger partial charge on any atom is -0.340 e. The van der Waals surface area contributed by atoms with Gasteiger partial charge in [0.2, 0.25) is 5.91 Å². The number of amides is 2. The number of hydrogen-bond acceptors (Lipinski definition) is 5. The molecule has 0 radical (unpaired) electrons. The third-order valence-electron chi connectivity index (χ3n) is 5.26. The molecule has 1 aromatic rings. The third kappa shape index (κ3) is 5.26. The topological polar surface area (TPSA) is 68.6 Å². The first-order valence-electron chi connectivity index (χ1n) is 10.1. The Hall–Kier alpha value is -2.61. The highest BCUT2D eigenvalue weighted by atomic mass is 19.1. The van der Waals surface area contributed by atoms with Gasteiger partial charge in [-0.25, -0.2) is 4.39 Å². The highest BCUT2D eigenvalue weighted by molar-refractivity contribution is 6.24. The van der Waals surface area contributed by atoms with Gasteiger partial charge in [0.25, 0.3) is 5.91 Å². The van der Waals surface area contributed by atoms with Gasteiger partial charge in [-0.05, 0) is 30.7 Å². The van der Waals surface area contributed by atoms with Gasteiger partial charge in [0.15, 0.2) is 0 Å². The van der Waals surface area contributed by atoms with E-state index in [1.165, 1.54) is 17.1 Å². The Kier molecular flexibility index (Phi) is 7.09. The lowest BCUT2D eigenvalue weighted by molar-refractivity contribution is -0.130. The molecular formula is C21H28FN5O2. The van der Waals surface area contributed by atoms with Crippen molar-refractivity contribution in [2.75, 3.05) is 44.3 Å². The van der Waals surface area contributed by atoms with Crippen LogP contribution < -0.4 is 5.01 Å². The van der Waals surface area contributed by atoms with Crippen molar-refractivity contribution in [3.63, 3.8) is 0 Å². The molecule has 2 amide bonds. The monoisotopic (exact) mass is 401 g/mol. The van der Waals surface area contributed by atoms with Gasteiger partial charge in [-0.15, -0.1) is 0 Å². The Morgan fingerprint density at radius 2 is 1.93 bits per heavy atom. The normalized spacial score (nSPS) is 20.6. The van der Waals surface area contributed by atoms with E-state index in [2.05, 4.69) is 15.0 Å². The van der Waals surface area contributed by atoms with Crippen LogP contribution in [0.25, 0.3) is 0 Å². The second kappa shape index (κ2) is 9.73. The fourth-order valence-corrected chi connectivity index (χ4v) is 3.56. The molecule has 0 unspecified atom stereocenters. The zero-order valence-corrected chi connectivity index (χ0v) is 17.1. The van der Waals surface area contributed by atoms with Crippen molar-refractivity contribution in [1.29, 1.82) is 0 Å². The maximum atomic E-state index is 13.2. The predicted octanol–water partition coefficient (Wildman–Crippen LogP) is 2.18.